The molecule has 1 heterocycles. The summed E-state index contributed by atoms with van der Waals surface area (Å²) in [4.78, 5) is 15.5. The first-order valence-corrected chi connectivity index (χ1v) is 10.9. The van der Waals surface area contributed by atoms with Crippen LogP contribution in [0.4, 0.5) is 0 Å². The highest BCUT2D eigenvalue weighted by atomic mass is 16.5. The Morgan fingerprint density at radius 2 is 1.71 bits per heavy atom. The number of nitrogens with zero attached hydrogens (tertiary/aromatic N) is 2. The minimum atomic E-state index is -0.693. The normalized spacial score (nSPS) is 19.2. The van der Waals surface area contributed by atoms with Gasteiger partial charge in [-0.2, -0.15) is 4.98 Å². The first-order chi connectivity index (χ1) is 14.9. The molecule has 1 aliphatic carbocycles. The molecule has 0 amide bonds. The Bertz CT molecular complexity index is 1020. The van der Waals surface area contributed by atoms with Crippen LogP contribution >= 0.6 is 0 Å². The highest BCUT2D eigenvalue weighted by Gasteiger charge is 2.34. The number of carboxylic acids is 1. The summed E-state index contributed by atoms with van der Waals surface area (Å²) in [5, 5.41) is 16.7. The van der Waals surface area contributed by atoms with Gasteiger partial charge in [-0.25, -0.2) is 0 Å². The lowest BCUT2D eigenvalue weighted by molar-refractivity contribution is -0.145. The smallest absolute Gasteiger partial charge is 0.306 e. The van der Waals surface area contributed by atoms with Crippen LogP contribution in [0.15, 0.2) is 53.1 Å². The molecular formula is C25H29N3O3. The minimum Gasteiger partial charge on any atom is -0.481 e. The highest BCUT2D eigenvalue weighted by molar-refractivity contribution is 5.71. The van der Waals surface area contributed by atoms with Gasteiger partial charge in [-0.15, -0.1) is 0 Å². The van der Waals surface area contributed by atoms with Gasteiger partial charge in [0.15, 0.2) is 0 Å². The van der Waals surface area contributed by atoms with E-state index in [4.69, 9.17) is 9.63 Å². The molecule has 3 aromatic rings. The van der Waals surface area contributed by atoms with Crippen molar-refractivity contribution in [2.75, 3.05) is 0 Å². The summed E-state index contributed by atoms with van der Waals surface area (Å²) < 4.78 is 5.49. The molecule has 0 bridgehead atoms. The predicted octanol–water partition coefficient (Wildman–Crippen LogP) is 5.12. The molecule has 6 nitrogen and oxygen atoms in total. The van der Waals surface area contributed by atoms with Gasteiger partial charge in [0.2, 0.25) is 5.82 Å². The molecule has 1 aliphatic rings. The molecule has 0 unspecified atom stereocenters. The van der Waals surface area contributed by atoms with E-state index in [9.17, 15) is 4.79 Å². The maximum atomic E-state index is 11.0. The van der Waals surface area contributed by atoms with Gasteiger partial charge in [-0.3, -0.25) is 4.79 Å². The first kappa shape index (κ1) is 21.2. The molecule has 0 saturated heterocycles. The maximum absolute atomic E-state index is 11.0. The summed E-state index contributed by atoms with van der Waals surface area (Å²) in [6.07, 6.45) is 2.44. The fraction of sp³-hybridized carbons (Fsp3) is 0.400. The van der Waals surface area contributed by atoms with Crippen molar-refractivity contribution in [3.8, 4) is 22.8 Å². The van der Waals surface area contributed by atoms with Crippen molar-refractivity contribution in [3.63, 3.8) is 0 Å². The Kier molecular flexibility index (Phi) is 6.18. The number of carboxylic acid groups (broad SMARTS) is 1. The van der Waals surface area contributed by atoms with E-state index in [0.717, 1.165) is 23.1 Å². The van der Waals surface area contributed by atoms with Gasteiger partial charge < -0.3 is 14.9 Å². The fourth-order valence-corrected chi connectivity index (χ4v) is 4.04. The van der Waals surface area contributed by atoms with E-state index in [1.165, 1.54) is 5.56 Å². The number of carbonyl (C=O) groups is 1. The second-order valence-corrected chi connectivity index (χ2v) is 8.93. The zero-order valence-electron chi connectivity index (χ0n) is 18.2. The van der Waals surface area contributed by atoms with Crippen LogP contribution in [-0.2, 0) is 11.2 Å². The molecule has 1 aromatic heterocycles. The monoisotopic (exact) mass is 419 g/mol. The zero-order valence-corrected chi connectivity index (χ0v) is 18.2. The summed E-state index contributed by atoms with van der Waals surface area (Å²) in [6.45, 7) is 6.52. The summed E-state index contributed by atoms with van der Waals surface area (Å²) in [5.74, 6) is 0.809. The van der Waals surface area contributed by atoms with Crippen LogP contribution in [0.1, 0.15) is 50.8 Å². The van der Waals surface area contributed by atoms with Gasteiger partial charge in [-0.05, 0) is 55.4 Å². The molecule has 6 heteroatoms. The van der Waals surface area contributed by atoms with E-state index in [-0.39, 0.29) is 18.0 Å². The molecule has 4 rings (SSSR count). The predicted molar refractivity (Wildman–Crippen MR) is 119 cm³/mol. The van der Waals surface area contributed by atoms with Gasteiger partial charge in [0.05, 0.1) is 5.92 Å². The number of hydrogen-bond donors (Lipinski definition) is 2. The largest absolute Gasteiger partial charge is 0.481 e. The lowest BCUT2D eigenvalue weighted by Crippen LogP contribution is -2.45. The van der Waals surface area contributed by atoms with Crippen molar-refractivity contribution >= 4 is 5.97 Å². The molecule has 1 saturated carbocycles. The molecular weight excluding hydrogens is 390 g/mol. The van der Waals surface area contributed by atoms with Crippen molar-refractivity contribution in [1.82, 2.24) is 15.5 Å². The van der Waals surface area contributed by atoms with Crippen molar-refractivity contribution in [2.45, 2.75) is 52.1 Å². The lowest BCUT2D eigenvalue weighted by Gasteiger charge is -2.35. The number of benzene rings is 2. The van der Waals surface area contributed by atoms with Crippen LogP contribution in [0.3, 0.4) is 0 Å². The minimum absolute atomic E-state index is 0.152. The molecule has 0 aliphatic heterocycles. The van der Waals surface area contributed by atoms with Gasteiger partial charge in [0, 0.05) is 23.2 Å². The number of aromatic nitrogens is 2. The van der Waals surface area contributed by atoms with Crippen LogP contribution < -0.4 is 5.32 Å². The average Bonchev–Trinajstić information content (AvgIpc) is 3.20. The molecule has 1 atom stereocenters. The van der Waals surface area contributed by atoms with Crippen LogP contribution in [0.2, 0.25) is 0 Å². The Hall–Kier alpha value is -2.99. The van der Waals surface area contributed by atoms with Crippen molar-refractivity contribution < 1.29 is 14.4 Å². The summed E-state index contributed by atoms with van der Waals surface area (Å²) in [6, 6.07) is 16.8. The topological polar surface area (TPSA) is 88.2 Å². The second kappa shape index (κ2) is 9.02. The van der Waals surface area contributed by atoms with Gasteiger partial charge >= 0.3 is 5.97 Å². The van der Waals surface area contributed by atoms with Crippen LogP contribution in [-0.4, -0.2) is 27.3 Å². The molecule has 1 fully saturated rings. The quantitative estimate of drug-likeness (QED) is 0.527. The molecule has 162 valence electrons. The SMILES string of the molecule is CC(C)Cc1ccc(-c2nc(-c3ccc([C@@H](C)N[C@H]4C[C@@H](C(=O)O)C4)cc3)no2)cc1. The maximum Gasteiger partial charge on any atom is 0.306 e. The third-order valence-electron chi connectivity index (χ3n) is 5.91. The molecule has 2 aromatic carbocycles. The summed E-state index contributed by atoms with van der Waals surface area (Å²) in [5.41, 5.74) is 4.27. The zero-order chi connectivity index (χ0) is 22.0. The third-order valence-corrected chi connectivity index (χ3v) is 5.91. The van der Waals surface area contributed by atoms with E-state index in [0.29, 0.717) is 30.5 Å². The molecule has 0 spiro atoms. The van der Waals surface area contributed by atoms with Gasteiger partial charge in [0.1, 0.15) is 0 Å². The Morgan fingerprint density at radius 3 is 2.32 bits per heavy atom. The summed E-state index contributed by atoms with van der Waals surface area (Å²) in [7, 11) is 0. The van der Waals surface area contributed by atoms with Crippen molar-refractivity contribution in [1.29, 1.82) is 0 Å². The molecule has 0 radical (unpaired) electrons. The number of aliphatic carboxylic acids is 1. The Morgan fingerprint density at radius 1 is 1.06 bits per heavy atom. The number of hydrogen-bond acceptors (Lipinski definition) is 5. The van der Waals surface area contributed by atoms with Crippen LogP contribution in [0.25, 0.3) is 22.8 Å². The van der Waals surface area contributed by atoms with E-state index in [2.05, 4.69) is 60.5 Å². The molecule has 31 heavy (non-hydrogen) atoms. The Labute approximate surface area is 182 Å². The van der Waals surface area contributed by atoms with Gasteiger partial charge in [-0.1, -0.05) is 55.4 Å². The molecule has 2 N–H and O–H groups in total. The first-order valence-electron chi connectivity index (χ1n) is 10.9. The third kappa shape index (κ3) is 5.02. The van der Waals surface area contributed by atoms with Crippen LogP contribution in [0.5, 0.6) is 0 Å². The highest BCUT2D eigenvalue weighted by Crippen LogP contribution is 2.30. The van der Waals surface area contributed by atoms with Crippen LogP contribution in [0, 0.1) is 11.8 Å². The number of nitrogens with one attached hydrogen (secondary N) is 1. The Balaban J connectivity index is 1.38. The summed E-state index contributed by atoms with van der Waals surface area (Å²) >= 11 is 0. The van der Waals surface area contributed by atoms with E-state index in [1.54, 1.807) is 0 Å². The van der Waals surface area contributed by atoms with E-state index >= 15 is 0 Å². The van der Waals surface area contributed by atoms with E-state index < -0.39 is 5.97 Å². The fourth-order valence-electron chi connectivity index (χ4n) is 4.04. The van der Waals surface area contributed by atoms with Crippen molar-refractivity contribution in [2.24, 2.45) is 11.8 Å². The lowest BCUT2D eigenvalue weighted by atomic mass is 9.80. The second-order valence-electron chi connectivity index (χ2n) is 8.93. The standard InChI is InChI=1S/C25H29N3O3/c1-15(2)12-17-4-6-20(7-5-17)24-27-23(28-31-24)19-10-8-18(9-11-19)16(3)26-22-13-21(14-22)25(29)30/h4-11,15-16,21-22,26H,12-14H2,1-3H3,(H,29,30)/t16-,21-,22+/m1/s1. The van der Waals surface area contributed by atoms with E-state index in [1.807, 2.05) is 24.3 Å². The average molecular weight is 420 g/mol. The number of rotatable bonds is 8. The van der Waals surface area contributed by atoms with Crippen molar-refractivity contribution in [3.05, 3.63) is 59.7 Å². The van der Waals surface area contributed by atoms with Gasteiger partial charge in [0.25, 0.3) is 5.89 Å².